The largest absolute Gasteiger partial charge is 0.377 e. The highest BCUT2D eigenvalue weighted by Crippen LogP contribution is 2.12. The summed E-state index contributed by atoms with van der Waals surface area (Å²) in [7, 11) is 0. The summed E-state index contributed by atoms with van der Waals surface area (Å²) in [6.45, 7) is 3.79. The van der Waals surface area contributed by atoms with Gasteiger partial charge in [-0.3, -0.25) is 0 Å². The van der Waals surface area contributed by atoms with Gasteiger partial charge in [-0.15, -0.1) is 0 Å². The van der Waals surface area contributed by atoms with Crippen molar-refractivity contribution in [2.75, 3.05) is 18.5 Å². The molecule has 0 aliphatic heterocycles. The van der Waals surface area contributed by atoms with Gasteiger partial charge in [0.1, 0.15) is 0 Å². The van der Waals surface area contributed by atoms with E-state index in [1.165, 1.54) is 0 Å². The average molecular weight is 298 g/mol. The Kier molecular flexibility index (Phi) is 6.45. The molecule has 0 saturated heterocycles. The predicted octanol–water partition coefficient (Wildman–Crippen LogP) is 3.72. The van der Waals surface area contributed by atoms with Crippen molar-refractivity contribution in [1.29, 1.82) is 0 Å². The number of para-hydroxylation sites is 1. The average Bonchev–Trinajstić information content (AvgIpc) is 2.54. The minimum Gasteiger partial charge on any atom is -0.377 e. The van der Waals surface area contributed by atoms with Gasteiger partial charge in [-0.1, -0.05) is 48.5 Å². The van der Waals surface area contributed by atoms with E-state index in [4.69, 9.17) is 4.74 Å². The standard InChI is InChI=1S/C18H22N2O2/c1-15-8-5-6-11-17(15)20-18(21)19-12-7-13-22-14-16-9-3-2-4-10-16/h2-6,8-11H,7,12-14H2,1H3,(H2,19,20,21). The lowest BCUT2D eigenvalue weighted by atomic mass is 10.2. The minimum absolute atomic E-state index is 0.183. The van der Waals surface area contributed by atoms with Crippen molar-refractivity contribution in [2.24, 2.45) is 0 Å². The fourth-order valence-corrected chi connectivity index (χ4v) is 2.02. The van der Waals surface area contributed by atoms with Gasteiger partial charge in [0.05, 0.1) is 6.61 Å². The molecule has 0 aromatic heterocycles. The first kappa shape index (κ1) is 16.0. The topological polar surface area (TPSA) is 50.4 Å². The predicted molar refractivity (Wildman–Crippen MR) is 88.9 cm³/mol. The van der Waals surface area contributed by atoms with E-state index in [9.17, 15) is 4.79 Å². The number of hydrogen-bond donors (Lipinski definition) is 2. The highest BCUT2D eigenvalue weighted by Gasteiger charge is 2.02. The molecule has 0 radical (unpaired) electrons. The molecule has 0 bridgehead atoms. The van der Waals surface area contributed by atoms with Crippen molar-refractivity contribution in [1.82, 2.24) is 5.32 Å². The summed E-state index contributed by atoms with van der Waals surface area (Å²) >= 11 is 0. The smallest absolute Gasteiger partial charge is 0.319 e. The number of rotatable bonds is 7. The Hall–Kier alpha value is -2.33. The van der Waals surface area contributed by atoms with E-state index in [1.807, 2.05) is 61.5 Å². The molecular weight excluding hydrogens is 276 g/mol. The Balaban J connectivity index is 1.57. The maximum atomic E-state index is 11.8. The van der Waals surface area contributed by atoms with Crippen LogP contribution < -0.4 is 10.6 Å². The molecule has 0 saturated carbocycles. The second kappa shape index (κ2) is 8.85. The van der Waals surface area contributed by atoms with Crippen LogP contribution in [-0.2, 0) is 11.3 Å². The molecule has 116 valence electrons. The van der Waals surface area contributed by atoms with Gasteiger partial charge in [0.15, 0.2) is 0 Å². The lowest BCUT2D eigenvalue weighted by Crippen LogP contribution is -2.30. The Morgan fingerprint density at radius 3 is 2.55 bits per heavy atom. The quantitative estimate of drug-likeness (QED) is 0.765. The van der Waals surface area contributed by atoms with Gasteiger partial charge < -0.3 is 15.4 Å². The van der Waals surface area contributed by atoms with E-state index in [0.29, 0.717) is 19.8 Å². The maximum absolute atomic E-state index is 11.8. The first-order chi connectivity index (χ1) is 10.8. The van der Waals surface area contributed by atoms with Crippen LogP contribution in [0.4, 0.5) is 10.5 Å². The number of hydrogen-bond acceptors (Lipinski definition) is 2. The molecule has 0 spiro atoms. The molecule has 22 heavy (non-hydrogen) atoms. The zero-order chi connectivity index (χ0) is 15.6. The molecule has 0 atom stereocenters. The van der Waals surface area contributed by atoms with E-state index in [-0.39, 0.29) is 6.03 Å². The fourth-order valence-electron chi connectivity index (χ4n) is 2.02. The third-order valence-electron chi connectivity index (χ3n) is 3.26. The number of anilines is 1. The molecule has 2 N–H and O–H groups in total. The molecule has 2 aromatic carbocycles. The van der Waals surface area contributed by atoms with Gasteiger partial charge in [0.25, 0.3) is 0 Å². The summed E-state index contributed by atoms with van der Waals surface area (Å²) in [5, 5.41) is 5.66. The molecule has 0 aliphatic carbocycles. The Morgan fingerprint density at radius 1 is 1.05 bits per heavy atom. The van der Waals surface area contributed by atoms with Crippen LogP contribution in [0.5, 0.6) is 0 Å². The van der Waals surface area contributed by atoms with Crippen LogP contribution >= 0.6 is 0 Å². The highest BCUT2D eigenvalue weighted by molar-refractivity contribution is 5.89. The molecule has 4 nitrogen and oxygen atoms in total. The normalized spacial score (nSPS) is 10.2. The Morgan fingerprint density at radius 2 is 1.77 bits per heavy atom. The van der Waals surface area contributed by atoms with E-state index in [2.05, 4.69) is 10.6 Å². The van der Waals surface area contributed by atoms with Crippen molar-refractivity contribution in [3.63, 3.8) is 0 Å². The van der Waals surface area contributed by atoms with Gasteiger partial charge >= 0.3 is 6.03 Å². The highest BCUT2D eigenvalue weighted by atomic mass is 16.5. The van der Waals surface area contributed by atoms with Crippen LogP contribution in [-0.4, -0.2) is 19.2 Å². The van der Waals surface area contributed by atoms with Crippen molar-refractivity contribution in [3.05, 3.63) is 65.7 Å². The number of carbonyl (C=O) groups excluding carboxylic acids is 1. The summed E-state index contributed by atoms with van der Waals surface area (Å²) in [6.07, 6.45) is 0.786. The van der Waals surface area contributed by atoms with Crippen molar-refractivity contribution >= 4 is 11.7 Å². The van der Waals surface area contributed by atoms with Crippen LogP contribution in [0.2, 0.25) is 0 Å². The van der Waals surface area contributed by atoms with Gasteiger partial charge in [0.2, 0.25) is 0 Å². The molecule has 0 fully saturated rings. The number of urea groups is 1. The van der Waals surface area contributed by atoms with Crippen molar-refractivity contribution in [3.8, 4) is 0 Å². The monoisotopic (exact) mass is 298 g/mol. The minimum atomic E-state index is -0.183. The van der Waals surface area contributed by atoms with Crippen LogP contribution in [0.25, 0.3) is 0 Å². The third kappa shape index (κ3) is 5.58. The molecule has 0 aliphatic rings. The molecule has 0 unspecified atom stereocenters. The van der Waals surface area contributed by atoms with Gasteiger partial charge in [-0.2, -0.15) is 0 Å². The molecule has 2 amide bonds. The van der Waals surface area contributed by atoms with E-state index in [1.54, 1.807) is 0 Å². The SMILES string of the molecule is Cc1ccccc1NC(=O)NCCCOCc1ccccc1. The summed E-state index contributed by atoms with van der Waals surface area (Å²) < 4.78 is 5.57. The molecule has 2 aromatic rings. The summed E-state index contributed by atoms with van der Waals surface area (Å²) in [5.74, 6) is 0. The van der Waals surface area contributed by atoms with Gasteiger partial charge in [-0.05, 0) is 30.5 Å². The lowest BCUT2D eigenvalue weighted by molar-refractivity contribution is 0.119. The van der Waals surface area contributed by atoms with Crippen molar-refractivity contribution < 1.29 is 9.53 Å². The summed E-state index contributed by atoms with van der Waals surface area (Å²) in [5.41, 5.74) is 3.04. The number of carbonyl (C=O) groups is 1. The molecule has 4 heteroatoms. The molecule has 2 rings (SSSR count). The molecule has 0 heterocycles. The number of aryl methyl sites for hydroxylation is 1. The van der Waals surface area contributed by atoms with E-state index < -0.39 is 0 Å². The van der Waals surface area contributed by atoms with Crippen LogP contribution in [0.3, 0.4) is 0 Å². The maximum Gasteiger partial charge on any atom is 0.319 e. The van der Waals surface area contributed by atoms with Crippen LogP contribution in [0.1, 0.15) is 17.5 Å². The third-order valence-corrected chi connectivity index (χ3v) is 3.26. The fraction of sp³-hybridized carbons (Fsp3) is 0.278. The second-order valence-corrected chi connectivity index (χ2v) is 5.09. The number of benzene rings is 2. The summed E-state index contributed by atoms with van der Waals surface area (Å²) in [4.78, 5) is 11.8. The molecular formula is C18H22N2O2. The van der Waals surface area contributed by atoms with Crippen LogP contribution in [0.15, 0.2) is 54.6 Å². The Bertz CT molecular complexity index is 585. The van der Waals surface area contributed by atoms with Gasteiger partial charge in [0, 0.05) is 18.8 Å². The Labute approximate surface area is 131 Å². The first-order valence-electron chi connectivity index (χ1n) is 7.48. The second-order valence-electron chi connectivity index (χ2n) is 5.09. The lowest BCUT2D eigenvalue weighted by Gasteiger charge is -2.10. The summed E-state index contributed by atoms with van der Waals surface area (Å²) in [6, 6.07) is 17.6. The van der Waals surface area contributed by atoms with Crippen molar-refractivity contribution in [2.45, 2.75) is 20.0 Å². The number of amides is 2. The van der Waals surface area contributed by atoms with E-state index >= 15 is 0 Å². The first-order valence-corrected chi connectivity index (χ1v) is 7.48. The van der Waals surface area contributed by atoms with Gasteiger partial charge in [-0.25, -0.2) is 4.79 Å². The zero-order valence-corrected chi connectivity index (χ0v) is 12.8. The number of nitrogens with one attached hydrogen (secondary N) is 2. The van der Waals surface area contributed by atoms with Crippen LogP contribution in [0, 0.1) is 6.92 Å². The number of ether oxygens (including phenoxy) is 1. The van der Waals surface area contributed by atoms with E-state index in [0.717, 1.165) is 23.2 Å². The zero-order valence-electron chi connectivity index (χ0n) is 12.8.